The number of nitrogens with zero attached hydrogens (tertiary/aromatic N) is 2. The Morgan fingerprint density at radius 1 is 0.909 bits per heavy atom. The fourth-order valence-electron chi connectivity index (χ4n) is 6.65. The third-order valence-electron chi connectivity index (χ3n) is 9.82. The second kappa shape index (κ2) is 14.3. The second-order valence-electron chi connectivity index (χ2n) is 14.6. The predicted octanol–water partition coefficient (Wildman–Crippen LogP) is 2.01. The van der Waals surface area contributed by atoms with Gasteiger partial charge in [-0.3, -0.25) is 24.0 Å². The molecule has 12 heteroatoms. The molecule has 12 nitrogen and oxygen atoms in total. The molecule has 2 aliphatic carbocycles. The van der Waals surface area contributed by atoms with Crippen molar-refractivity contribution >= 4 is 35.4 Å². The van der Waals surface area contributed by atoms with Crippen LogP contribution in [0.2, 0.25) is 0 Å². The number of carbonyl (C=O) groups is 6. The van der Waals surface area contributed by atoms with Gasteiger partial charge in [0.15, 0.2) is 0 Å². The smallest absolute Gasteiger partial charge is 0.315 e. The van der Waals surface area contributed by atoms with Crippen molar-refractivity contribution in [1.29, 1.82) is 0 Å². The van der Waals surface area contributed by atoms with Crippen LogP contribution in [0.15, 0.2) is 0 Å². The summed E-state index contributed by atoms with van der Waals surface area (Å²) in [5.41, 5.74) is -0.832. The lowest BCUT2D eigenvalue weighted by atomic mass is 9.70. The summed E-state index contributed by atoms with van der Waals surface area (Å²) in [5, 5.41) is 11.3. The summed E-state index contributed by atoms with van der Waals surface area (Å²) in [7, 11) is 0. The highest BCUT2D eigenvalue weighted by Crippen LogP contribution is 2.40. The summed E-state index contributed by atoms with van der Waals surface area (Å²) in [6.07, 6.45) is 9.59. The Morgan fingerprint density at radius 3 is 2.25 bits per heavy atom. The number of urea groups is 1. The maximum absolute atomic E-state index is 14.2. The molecule has 0 aromatic heterocycles. The van der Waals surface area contributed by atoms with Crippen LogP contribution in [0.25, 0.3) is 0 Å². The van der Waals surface area contributed by atoms with Gasteiger partial charge in [-0.15, -0.1) is 0 Å². The lowest BCUT2D eigenvalue weighted by Gasteiger charge is -2.43. The van der Waals surface area contributed by atoms with Crippen molar-refractivity contribution in [3.05, 3.63) is 0 Å². The zero-order chi connectivity index (χ0) is 32.1. The molecule has 246 valence electrons. The van der Waals surface area contributed by atoms with E-state index in [2.05, 4.69) is 21.3 Å². The molecule has 4 N–H and O–H groups in total. The Bertz CT molecular complexity index is 1110. The van der Waals surface area contributed by atoms with Gasteiger partial charge in [0.1, 0.15) is 12.1 Å². The SMILES string of the molecule is CC(C)(C)[C@@H](CN1CCCCC1=O)NC(=O)N[C@H](C(=O)N1CCC[C@H]1C(=O)NCC(=O)C(=O)NC1CC1)C1(C)CCCCC1. The summed E-state index contributed by atoms with van der Waals surface area (Å²) < 4.78 is 0. The van der Waals surface area contributed by atoms with Crippen LogP contribution in [0.3, 0.4) is 0 Å². The first kappa shape index (κ1) is 33.7. The Balaban J connectivity index is 1.44. The van der Waals surface area contributed by atoms with E-state index >= 15 is 0 Å². The quantitative estimate of drug-likeness (QED) is 0.260. The van der Waals surface area contributed by atoms with Crippen molar-refractivity contribution in [3.63, 3.8) is 0 Å². The van der Waals surface area contributed by atoms with E-state index in [1.807, 2.05) is 32.6 Å². The van der Waals surface area contributed by atoms with Crippen LogP contribution in [-0.2, 0) is 24.0 Å². The molecule has 2 aliphatic heterocycles. The van der Waals surface area contributed by atoms with E-state index in [9.17, 15) is 28.8 Å². The molecule has 2 saturated heterocycles. The third-order valence-corrected chi connectivity index (χ3v) is 9.82. The molecule has 4 aliphatic rings. The number of Topliss-reactive ketones (excluding diaryl/α,β-unsaturated/α-hetero) is 1. The van der Waals surface area contributed by atoms with E-state index in [-0.39, 0.29) is 29.3 Å². The molecule has 2 saturated carbocycles. The average Bonchev–Trinajstić information content (AvgIpc) is 3.65. The molecule has 0 spiro atoms. The van der Waals surface area contributed by atoms with Gasteiger partial charge in [-0.1, -0.05) is 47.0 Å². The van der Waals surface area contributed by atoms with Gasteiger partial charge in [0.05, 0.1) is 12.6 Å². The van der Waals surface area contributed by atoms with Gasteiger partial charge in [-0.05, 0) is 62.2 Å². The molecule has 0 aromatic carbocycles. The first-order chi connectivity index (χ1) is 20.8. The molecular formula is C32H52N6O6. The molecule has 4 rings (SSSR count). The van der Waals surface area contributed by atoms with Crippen LogP contribution >= 0.6 is 0 Å². The van der Waals surface area contributed by atoms with E-state index in [1.54, 1.807) is 0 Å². The van der Waals surface area contributed by atoms with E-state index in [1.165, 1.54) is 4.90 Å². The number of likely N-dealkylation sites (tertiary alicyclic amines) is 2. The fraction of sp³-hybridized carbons (Fsp3) is 0.812. The average molecular weight is 617 g/mol. The lowest BCUT2D eigenvalue weighted by Crippen LogP contribution is -2.62. The molecule has 0 aromatic rings. The van der Waals surface area contributed by atoms with Gasteiger partial charge < -0.3 is 31.1 Å². The van der Waals surface area contributed by atoms with Gasteiger partial charge in [0.25, 0.3) is 5.91 Å². The first-order valence-electron chi connectivity index (χ1n) is 16.6. The summed E-state index contributed by atoms with van der Waals surface area (Å²) >= 11 is 0. The molecule has 0 radical (unpaired) electrons. The summed E-state index contributed by atoms with van der Waals surface area (Å²) in [6, 6.07) is -2.39. The number of hydrogen-bond acceptors (Lipinski definition) is 6. The van der Waals surface area contributed by atoms with Crippen molar-refractivity contribution < 1.29 is 28.8 Å². The van der Waals surface area contributed by atoms with E-state index in [4.69, 9.17) is 0 Å². The van der Waals surface area contributed by atoms with Crippen LogP contribution in [0.1, 0.15) is 105 Å². The van der Waals surface area contributed by atoms with Crippen LogP contribution in [0.5, 0.6) is 0 Å². The molecule has 6 amide bonds. The second-order valence-corrected chi connectivity index (χ2v) is 14.6. The standard InChI is InChI=1S/C32H52N6O6/c1-31(2,3)24(20-37-17-9-6-12-25(37)40)35-30(44)36-26(32(4)15-7-5-8-16-32)29(43)38-18-10-11-22(38)27(41)33-19-23(39)28(42)34-21-13-14-21/h21-22,24,26H,5-20H2,1-4H3,(H,33,41)(H,34,42)(H2,35,36,44)/t22-,24+,26+/m0/s1. The van der Waals surface area contributed by atoms with Crippen molar-refractivity contribution in [3.8, 4) is 0 Å². The number of nitrogens with one attached hydrogen (secondary N) is 4. The number of hydrogen-bond donors (Lipinski definition) is 4. The molecule has 2 heterocycles. The maximum Gasteiger partial charge on any atom is 0.315 e. The zero-order valence-corrected chi connectivity index (χ0v) is 27.0. The van der Waals surface area contributed by atoms with Crippen LogP contribution in [0.4, 0.5) is 4.79 Å². The minimum absolute atomic E-state index is 0.0406. The highest BCUT2D eigenvalue weighted by molar-refractivity contribution is 6.37. The molecule has 4 fully saturated rings. The summed E-state index contributed by atoms with van der Waals surface area (Å²) in [5.74, 6) is -2.10. The minimum Gasteiger partial charge on any atom is -0.347 e. The van der Waals surface area contributed by atoms with E-state index in [0.717, 1.165) is 57.8 Å². The Morgan fingerprint density at radius 2 is 1.61 bits per heavy atom. The summed E-state index contributed by atoms with van der Waals surface area (Å²) in [4.78, 5) is 81.2. The van der Waals surface area contributed by atoms with Crippen molar-refractivity contribution in [1.82, 2.24) is 31.1 Å². The highest BCUT2D eigenvalue weighted by Gasteiger charge is 2.46. The van der Waals surface area contributed by atoms with Gasteiger partial charge >= 0.3 is 6.03 Å². The normalized spacial score (nSPS) is 23.4. The Kier molecular flexibility index (Phi) is 10.9. The molecule has 3 atom stereocenters. The fourth-order valence-corrected chi connectivity index (χ4v) is 6.65. The number of ketones is 1. The first-order valence-corrected chi connectivity index (χ1v) is 16.6. The molecule has 0 bridgehead atoms. The maximum atomic E-state index is 14.2. The lowest BCUT2D eigenvalue weighted by molar-refractivity contribution is -0.143. The summed E-state index contributed by atoms with van der Waals surface area (Å²) in [6.45, 7) is 9.10. The monoisotopic (exact) mass is 616 g/mol. The Hall–Kier alpha value is -3.18. The highest BCUT2D eigenvalue weighted by atomic mass is 16.2. The Labute approximate surface area is 261 Å². The third kappa shape index (κ3) is 8.72. The van der Waals surface area contributed by atoms with Crippen LogP contribution in [0, 0.1) is 10.8 Å². The molecule has 44 heavy (non-hydrogen) atoms. The molecular weight excluding hydrogens is 564 g/mol. The van der Waals surface area contributed by atoms with Gasteiger partial charge in [-0.2, -0.15) is 0 Å². The number of rotatable bonds is 11. The van der Waals surface area contributed by atoms with E-state index < -0.39 is 47.7 Å². The number of carbonyl (C=O) groups excluding carboxylic acids is 6. The van der Waals surface area contributed by atoms with Crippen molar-refractivity contribution in [2.24, 2.45) is 10.8 Å². The minimum atomic E-state index is -0.848. The van der Waals surface area contributed by atoms with Gasteiger partial charge in [-0.25, -0.2) is 4.79 Å². The topological polar surface area (TPSA) is 157 Å². The van der Waals surface area contributed by atoms with Gasteiger partial charge in [0, 0.05) is 32.1 Å². The van der Waals surface area contributed by atoms with Crippen molar-refractivity contribution in [2.75, 3.05) is 26.2 Å². The number of piperidine rings is 1. The van der Waals surface area contributed by atoms with E-state index in [0.29, 0.717) is 38.9 Å². The van der Waals surface area contributed by atoms with Crippen LogP contribution in [-0.4, -0.2) is 95.6 Å². The number of amides is 6. The molecule has 0 unspecified atom stereocenters. The van der Waals surface area contributed by atoms with Crippen molar-refractivity contribution in [2.45, 2.75) is 129 Å². The largest absolute Gasteiger partial charge is 0.347 e. The van der Waals surface area contributed by atoms with Crippen LogP contribution < -0.4 is 21.3 Å². The van der Waals surface area contributed by atoms with Gasteiger partial charge in [0.2, 0.25) is 23.5 Å². The zero-order valence-electron chi connectivity index (χ0n) is 27.0. The predicted molar refractivity (Wildman–Crippen MR) is 164 cm³/mol.